The van der Waals surface area contributed by atoms with Gasteiger partial charge in [-0.1, -0.05) is 30.3 Å². The molecule has 0 fully saturated rings. The Morgan fingerprint density at radius 3 is 2.97 bits per heavy atom. The second-order valence-corrected chi connectivity index (χ2v) is 6.99. The van der Waals surface area contributed by atoms with E-state index < -0.39 is 0 Å². The summed E-state index contributed by atoms with van der Waals surface area (Å²) in [7, 11) is 0. The van der Waals surface area contributed by atoms with Gasteiger partial charge >= 0.3 is 0 Å². The molecule has 0 unspecified atom stereocenters. The Kier molecular flexibility index (Phi) is 4.99. The molecule has 8 nitrogen and oxygen atoms in total. The van der Waals surface area contributed by atoms with Crippen molar-refractivity contribution in [2.24, 2.45) is 0 Å². The first-order valence-corrected chi connectivity index (χ1v) is 9.29. The summed E-state index contributed by atoms with van der Waals surface area (Å²) in [5.41, 5.74) is 3.59. The number of aromatic nitrogens is 3. The number of fused-ring (bicyclic) bond motifs is 1. The first-order chi connectivity index (χ1) is 14.0. The highest BCUT2D eigenvalue weighted by molar-refractivity contribution is 5.93. The molecule has 1 aliphatic heterocycles. The molecule has 2 aromatic carbocycles. The maximum absolute atomic E-state index is 12.4. The molecule has 4 rings (SSSR count). The number of benzene rings is 2. The van der Waals surface area contributed by atoms with Crippen LogP contribution < -0.4 is 15.4 Å². The summed E-state index contributed by atoms with van der Waals surface area (Å²) in [6.07, 6.45) is 1.61. The summed E-state index contributed by atoms with van der Waals surface area (Å²) in [4.78, 5) is 28.5. The summed E-state index contributed by atoms with van der Waals surface area (Å²) in [5, 5.41) is 9.79. The Balaban J connectivity index is 1.50. The van der Waals surface area contributed by atoms with Gasteiger partial charge in [-0.2, -0.15) is 10.1 Å². The third-order valence-corrected chi connectivity index (χ3v) is 4.80. The topological polar surface area (TPSA) is 98.1 Å². The molecule has 0 spiro atoms. The van der Waals surface area contributed by atoms with Crippen LogP contribution in [0.2, 0.25) is 0 Å². The zero-order valence-corrected chi connectivity index (χ0v) is 16.2. The molecule has 0 radical (unpaired) electrons. The van der Waals surface area contributed by atoms with Gasteiger partial charge in [0.1, 0.15) is 12.1 Å². The van der Waals surface area contributed by atoms with Crippen molar-refractivity contribution in [3.8, 4) is 5.75 Å². The van der Waals surface area contributed by atoms with Gasteiger partial charge in [-0.3, -0.25) is 14.9 Å². The van der Waals surface area contributed by atoms with Crippen LogP contribution in [0.4, 0.5) is 11.6 Å². The molecule has 3 aromatic rings. The van der Waals surface area contributed by atoms with Gasteiger partial charge in [0, 0.05) is 11.3 Å². The van der Waals surface area contributed by atoms with Crippen LogP contribution >= 0.6 is 0 Å². The molecule has 0 aliphatic carbocycles. The number of anilines is 2. The van der Waals surface area contributed by atoms with E-state index in [0.29, 0.717) is 11.7 Å². The number of hydrogen-bond donors (Lipinski definition) is 2. The van der Waals surface area contributed by atoms with Crippen LogP contribution in [0.15, 0.2) is 48.8 Å². The van der Waals surface area contributed by atoms with E-state index in [0.717, 1.165) is 22.4 Å². The number of amides is 2. The van der Waals surface area contributed by atoms with Gasteiger partial charge in [0.2, 0.25) is 11.9 Å². The highest BCUT2D eigenvalue weighted by Gasteiger charge is 2.29. The van der Waals surface area contributed by atoms with Crippen molar-refractivity contribution in [2.45, 2.75) is 26.3 Å². The molecule has 29 heavy (non-hydrogen) atoms. The lowest BCUT2D eigenvalue weighted by Crippen LogP contribution is -2.29. The summed E-state index contributed by atoms with van der Waals surface area (Å²) in [5.74, 6) is 0.535. The largest absolute Gasteiger partial charge is 0.483 e. The Morgan fingerprint density at radius 2 is 2.10 bits per heavy atom. The minimum absolute atomic E-state index is 0.141. The second-order valence-electron chi connectivity index (χ2n) is 6.99. The Hall–Kier alpha value is -3.68. The van der Waals surface area contributed by atoms with Crippen LogP contribution in [0.3, 0.4) is 0 Å². The Bertz CT molecular complexity index is 1080. The normalized spacial score (nSPS) is 15.4. The number of ether oxygens (including phenoxy) is 1. The minimum atomic E-state index is -0.348. The predicted molar refractivity (Wildman–Crippen MR) is 108 cm³/mol. The van der Waals surface area contributed by atoms with E-state index in [2.05, 4.69) is 20.7 Å². The third kappa shape index (κ3) is 3.96. The van der Waals surface area contributed by atoms with E-state index >= 15 is 0 Å². The van der Waals surface area contributed by atoms with E-state index in [1.54, 1.807) is 10.7 Å². The van der Waals surface area contributed by atoms with Gasteiger partial charge in [0.05, 0.1) is 12.5 Å². The summed E-state index contributed by atoms with van der Waals surface area (Å²) >= 11 is 0. The first kappa shape index (κ1) is 18.7. The van der Waals surface area contributed by atoms with E-state index in [1.807, 2.05) is 50.2 Å². The van der Waals surface area contributed by atoms with Gasteiger partial charge in [0.15, 0.2) is 6.61 Å². The Morgan fingerprint density at radius 1 is 1.28 bits per heavy atom. The monoisotopic (exact) mass is 391 g/mol. The average Bonchev–Trinajstić information content (AvgIpc) is 3.17. The molecule has 0 saturated carbocycles. The molecule has 2 N–H and O–H groups in total. The molecule has 0 bridgehead atoms. The molecule has 1 atom stereocenters. The standard InChI is InChI=1S/C21H21N5O3/c1-13-7-8-14(2)16(9-13)24-20(28)11-29-18-6-4-3-5-15(18)17-10-19(27)25-21-22-12-23-26(17)21/h3-9,12,17H,10-11H2,1-2H3,(H,24,28)(H,22,23,25,27)/t17-/m0/s1. The second kappa shape index (κ2) is 7.75. The van der Waals surface area contributed by atoms with Crippen molar-refractivity contribution in [1.82, 2.24) is 14.8 Å². The zero-order chi connectivity index (χ0) is 20.4. The van der Waals surface area contributed by atoms with E-state index in [4.69, 9.17) is 4.74 Å². The summed E-state index contributed by atoms with van der Waals surface area (Å²) in [6, 6.07) is 12.9. The first-order valence-electron chi connectivity index (χ1n) is 9.29. The van der Waals surface area contributed by atoms with Crippen molar-refractivity contribution in [3.05, 3.63) is 65.5 Å². The van der Waals surface area contributed by atoms with Gasteiger partial charge in [-0.05, 0) is 37.1 Å². The summed E-state index contributed by atoms with van der Waals surface area (Å²) in [6.45, 7) is 3.77. The highest BCUT2D eigenvalue weighted by Crippen LogP contribution is 2.34. The number of nitrogens with zero attached hydrogens (tertiary/aromatic N) is 3. The zero-order valence-electron chi connectivity index (χ0n) is 16.2. The minimum Gasteiger partial charge on any atom is -0.483 e. The van der Waals surface area contributed by atoms with Crippen molar-refractivity contribution in [2.75, 3.05) is 17.2 Å². The van der Waals surface area contributed by atoms with Crippen molar-refractivity contribution >= 4 is 23.5 Å². The summed E-state index contributed by atoms with van der Waals surface area (Å²) < 4.78 is 7.47. The van der Waals surface area contributed by atoms with Crippen LogP contribution in [-0.4, -0.2) is 33.2 Å². The fourth-order valence-corrected chi connectivity index (χ4v) is 3.33. The molecular weight excluding hydrogens is 370 g/mol. The number of carbonyl (C=O) groups excluding carboxylic acids is 2. The van der Waals surface area contributed by atoms with Crippen LogP contribution in [0, 0.1) is 13.8 Å². The lowest BCUT2D eigenvalue weighted by Gasteiger charge is -2.25. The molecule has 2 heterocycles. The number of carbonyl (C=O) groups is 2. The SMILES string of the molecule is Cc1ccc(C)c(NC(=O)COc2ccccc2[C@@H]2CC(=O)Nc3ncnn32)c1. The molecule has 1 aliphatic rings. The molecule has 0 saturated heterocycles. The predicted octanol–water partition coefficient (Wildman–Crippen LogP) is 2.84. The highest BCUT2D eigenvalue weighted by atomic mass is 16.5. The lowest BCUT2D eigenvalue weighted by molar-refractivity contribution is -0.118. The maximum atomic E-state index is 12.4. The van der Waals surface area contributed by atoms with Crippen LogP contribution in [0.25, 0.3) is 0 Å². The van der Waals surface area contributed by atoms with E-state index in [-0.39, 0.29) is 30.9 Å². The van der Waals surface area contributed by atoms with Crippen LogP contribution in [-0.2, 0) is 9.59 Å². The number of nitrogens with one attached hydrogen (secondary N) is 2. The van der Waals surface area contributed by atoms with Gasteiger partial charge in [0.25, 0.3) is 5.91 Å². The molecule has 2 amide bonds. The quantitative estimate of drug-likeness (QED) is 0.697. The lowest BCUT2D eigenvalue weighted by atomic mass is 10.0. The number of rotatable bonds is 5. The van der Waals surface area contributed by atoms with E-state index in [1.165, 1.54) is 6.33 Å². The fourth-order valence-electron chi connectivity index (χ4n) is 3.33. The van der Waals surface area contributed by atoms with Gasteiger partial charge in [-0.25, -0.2) is 4.68 Å². The van der Waals surface area contributed by atoms with Crippen molar-refractivity contribution in [1.29, 1.82) is 0 Å². The Labute approximate surface area is 167 Å². The van der Waals surface area contributed by atoms with Crippen LogP contribution in [0.5, 0.6) is 5.75 Å². The molecule has 148 valence electrons. The smallest absolute Gasteiger partial charge is 0.262 e. The number of para-hydroxylation sites is 1. The van der Waals surface area contributed by atoms with Gasteiger partial charge < -0.3 is 10.1 Å². The van der Waals surface area contributed by atoms with Crippen molar-refractivity contribution < 1.29 is 14.3 Å². The third-order valence-electron chi connectivity index (χ3n) is 4.80. The molecular formula is C21H21N5O3. The number of hydrogen-bond acceptors (Lipinski definition) is 5. The van der Waals surface area contributed by atoms with Crippen LogP contribution in [0.1, 0.15) is 29.2 Å². The average molecular weight is 391 g/mol. The molecule has 1 aromatic heterocycles. The maximum Gasteiger partial charge on any atom is 0.262 e. The fraction of sp³-hybridized carbons (Fsp3) is 0.238. The van der Waals surface area contributed by atoms with E-state index in [9.17, 15) is 9.59 Å². The van der Waals surface area contributed by atoms with Gasteiger partial charge in [-0.15, -0.1) is 0 Å². The number of aryl methyl sites for hydroxylation is 2. The van der Waals surface area contributed by atoms with Crippen molar-refractivity contribution in [3.63, 3.8) is 0 Å². The molecule has 8 heteroatoms.